The maximum absolute atomic E-state index is 13.1. The van der Waals surface area contributed by atoms with Gasteiger partial charge in [0.1, 0.15) is 10.8 Å². The van der Waals surface area contributed by atoms with Gasteiger partial charge in [-0.2, -0.15) is 0 Å². The van der Waals surface area contributed by atoms with Crippen molar-refractivity contribution in [3.63, 3.8) is 0 Å². The normalized spacial score (nSPS) is 10.4. The molecule has 1 amide bonds. The first-order valence-electron chi connectivity index (χ1n) is 5.77. The van der Waals surface area contributed by atoms with Crippen LogP contribution < -0.4 is 5.32 Å². The highest BCUT2D eigenvalue weighted by atomic mass is 32.1. The first-order chi connectivity index (χ1) is 9.19. The van der Waals surface area contributed by atoms with E-state index in [0.29, 0.717) is 16.3 Å². The van der Waals surface area contributed by atoms with Crippen LogP contribution in [-0.2, 0) is 11.2 Å². The molecule has 0 fully saturated rings. The monoisotopic (exact) mass is 280 g/mol. The minimum atomic E-state index is -0.310. The number of aliphatic hydroxyl groups excluding tert-OH is 1. The Morgan fingerprint density at radius 2 is 2.32 bits per heavy atom. The minimum Gasteiger partial charge on any atom is -0.395 e. The lowest BCUT2D eigenvalue weighted by atomic mass is 10.2. The van der Waals surface area contributed by atoms with E-state index in [9.17, 15) is 9.18 Å². The molecule has 0 bridgehead atoms. The molecule has 0 unspecified atom stereocenters. The Morgan fingerprint density at radius 1 is 1.47 bits per heavy atom. The zero-order valence-electron chi connectivity index (χ0n) is 10.1. The molecule has 0 aliphatic rings. The molecule has 0 atom stereocenters. The lowest BCUT2D eigenvalue weighted by Crippen LogP contribution is -2.27. The molecule has 6 heteroatoms. The van der Waals surface area contributed by atoms with Crippen molar-refractivity contribution in [2.75, 3.05) is 13.2 Å². The Kier molecular flexibility index (Phi) is 4.59. The van der Waals surface area contributed by atoms with Crippen molar-refractivity contribution >= 4 is 17.2 Å². The van der Waals surface area contributed by atoms with E-state index >= 15 is 0 Å². The van der Waals surface area contributed by atoms with Crippen LogP contribution in [-0.4, -0.2) is 29.1 Å². The summed E-state index contributed by atoms with van der Waals surface area (Å²) in [5.74, 6) is -0.500. The van der Waals surface area contributed by atoms with E-state index in [1.165, 1.54) is 23.5 Å². The topological polar surface area (TPSA) is 62.2 Å². The number of hydrogen-bond donors (Lipinski definition) is 2. The molecule has 0 saturated heterocycles. The van der Waals surface area contributed by atoms with Gasteiger partial charge in [-0.3, -0.25) is 4.79 Å². The summed E-state index contributed by atoms with van der Waals surface area (Å²) in [6.45, 7) is 0.150. The molecule has 0 aliphatic heterocycles. The summed E-state index contributed by atoms with van der Waals surface area (Å²) in [7, 11) is 0. The van der Waals surface area contributed by atoms with Crippen LogP contribution in [0.2, 0.25) is 0 Å². The summed E-state index contributed by atoms with van der Waals surface area (Å²) in [5, 5.41) is 13.6. The van der Waals surface area contributed by atoms with Crippen molar-refractivity contribution < 1.29 is 14.3 Å². The number of nitrogens with zero attached hydrogens (tertiary/aromatic N) is 1. The SMILES string of the molecule is O=C(Cc1csc(-c2cccc(F)c2)n1)NCCO. The highest BCUT2D eigenvalue weighted by Gasteiger charge is 2.09. The van der Waals surface area contributed by atoms with E-state index in [1.54, 1.807) is 17.5 Å². The third-order valence-corrected chi connectivity index (χ3v) is 3.34. The van der Waals surface area contributed by atoms with Crippen LogP contribution >= 0.6 is 11.3 Å². The van der Waals surface area contributed by atoms with Crippen molar-refractivity contribution in [1.29, 1.82) is 0 Å². The summed E-state index contributed by atoms with van der Waals surface area (Å²) in [5.41, 5.74) is 1.34. The van der Waals surface area contributed by atoms with Crippen LogP contribution in [0.1, 0.15) is 5.69 Å². The second-order valence-electron chi connectivity index (χ2n) is 3.90. The summed E-state index contributed by atoms with van der Waals surface area (Å²) in [6, 6.07) is 6.19. The van der Waals surface area contributed by atoms with Gasteiger partial charge in [0.25, 0.3) is 0 Å². The van der Waals surface area contributed by atoms with E-state index in [-0.39, 0.29) is 31.3 Å². The molecule has 1 heterocycles. The first kappa shape index (κ1) is 13.6. The number of halogens is 1. The van der Waals surface area contributed by atoms with Crippen LogP contribution in [0.4, 0.5) is 4.39 Å². The highest BCUT2D eigenvalue weighted by Crippen LogP contribution is 2.24. The summed E-state index contributed by atoms with van der Waals surface area (Å²) < 4.78 is 13.1. The summed E-state index contributed by atoms with van der Waals surface area (Å²) in [6.07, 6.45) is 0.159. The number of benzene rings is 1. The van der Waals surface area contributed by atoms with E-state index in [2.05, 4.69) is 10.3 Å². The summed E-state index contributed by atoms with van der Waals surface area (Å²) >= 11 is 1.37. The molecule has 2 aromatic rings. The molecule has 1 aromatic heterocycles. The number of hydrogen-bond acceptors (Lipinski definition) is 4. The van der Waals surface area contributed by atoms with Gasteiger partial charge in [0.05, 0.1) is 18.7 Å². The second-order valence-corrected chi connectivity index (χ2v) is 4.76. The number of amides is 1. The van der Waals surface area contributed by atoms with Gasteiger partial charge in [0.15, 0.2) is 0 Å². The molecule has 100 valence electrons. The molecular weight excluding hydrogens is 267 g/mol. The van der Waals surface area contributed by atoms with Crippen LogP contribution in [0, 0.1) is 5.82 Å². The average molecular weight is 280 g/mol. The van der Waals surface area contributed by atoms with Crippen LogP contribution in [0.3, 0.4) is 0 Å². The van der Waals surface area contributed by atoms with Crippen molar-refractivity contribution in [3.8, 4) is 10.6 Å². The zero-order chi connectivity index (χ0) is 13.7. The van der Waals surface area contributed by atoms with Crippen molar-refractivity contribution in [1.82, 2.24) is 10.3 Å². The Labute approximate surface area is 113 Å². The van der Waals surface area contributed by atoms with Crippen LogP contribution in [0.25, 0.3) is 10.6 Å². The molecule has 0 spiro atoms. The van der Waals surface area contributed by atoms with Gasteiger partial charge in [0.2, 0.25) is 5.91 Å². The maximum Gasteiger partial charge on any atom is 0.226 e. The lowest BCUT2D eigenvalue weighted by molar-refractivity contribution is -0.120. The van der Waals surface area contributed by atoms with Gasteiger partial charge in [-0.25, -0.2) is 9.37 Å². The van der Waals surface area contributed by atoms with E-state index in [1.807, 2.05) is 0 Å². The fourth-order valence-corrected chi connectivity index (χ4v) is 2.38. The first-order valence-corrected chi connectivity index (χ1v) is 6.65. The van der Waals surface area contributed by atoms with Gasteiger partial charge >= 0.3 is 0 Å². The van der Waals surface area contributed by atoms with Gasteiger partial charge in [0, 0.05) is 17.5 Å². The van der Waals surface area contributed by atoms with Gasteiger partial charge in [-0.15, -0.1) is 11.3 Å². The summed E-state index contributed by atoms with van der Waals surface area (Å²) in [4.78, 5) is 15.8. The average Bonchev–Trinajstić information content (AvgIpc) is 2.85. The number of carbonyl (C=O) groups is 1. The van der Waals surface area contributed by atoms with E-state index in [0.717, 1.165) is 0 Å². The van der Waals surface area contributed by atoms with Gasteiger partial charge < -0.3 is 10.4 Å². The van der Waals surface area contributed by atoms with Crippen LogP contribution in [0.15, 0.2) is 29.6 Å². The second kappa shape index (κ2) is 6.40. The largest absolute Gasteiger partial charge is 0.395 e. The Balaban J connectivity index is 2.05. The fraction of sp³-hybridized carbons (Fsp3) is 0.231. The molecule has 2 rings (SSSR count). The molecule has 0 radical (unpaired) electrons. The molecule has 4 nitrogen and oxygen atoms in total. The van der Waals surface area contributed by atoms with E-state index in [4.69, 9.17) is 5.11 Å². The van der Waals surface area contributed by atoms with Crippen molar-refractivity contribution in [2.24, 2.45) is 0 Å². The predicted octanol–water partition coefficient (Wildman–Crippen LogP) is 1.60. The highest BCUT2D eigenvalue weighted by molar-refractivity contribution is 7.13. The molecular formula is C13H13FN2O2S. The fourth-order valence-electron chi connectivity index (χ4n) is 1.56. The van der Waals surface area contributed by atoms with E-state index < -0.39 is 0 Å². The third-order valence-electron chi connectivity index (χ3n) is 2.40. The number of carbonyl (C=O) groups excluding carboxylic acids is 1. The van der Waals surface area contributed by atoms with Crippen molar-refractivity contribution in [2.45, 2.75) is 6.42 Å². The maximum atomic E-state index is 13.1. The van der Waals surface area contributed by atoms with Crippen molar-refractivity contribution in [3.05, 3.63) is 41.2 Å². The Hall–Kier alpha value is -1.79. The molecule has 19 heavy (non-hydrogen) atoms. The molecule has 2 N–H and O–H groups in total. The van der Waals surface area contributed by atoms with Crippen LogP contribution in [0.5, 0.6) is 0 Å². The Morgan fingerprint density at radius 3 is 3.05 bits per heavy atom. The number of aromatic nitrogens is 1. The smallest absolute Gasteiger partial charge is 0.226 e. The molecule has 0 aliphatic carbocycles. The number of thiazole rings is 1. The number of aliphatic hydroxyl groups is 1. The number of nitrogens with one attached hydrogen (secondary N) is 1. The molecule has 0 saturated carbocycles. The zero-order valence-corrected chi connectivity index (χ0v) is 10.9. The number of rotatable bonds is 5. The quantitative estimate of drug-likeness (QED) is 0.874. The van der Waals surface area contributed by atoms with Gasteiger partial charge in [-0.05, 0) is 12.1 Å². The third kappa shape index (κ3) is 3.84. The standard InChI is InChI=1S/C13H13FN2O2S/c14-10-3-1-2-9(6-10)13-16-11(8-19-13)7-12(18)15-4-5-17/h1-3,6,8,17H,4-5,7H2,(H,15,18). The Bertz CT molecular complexity index is 571. The molecule has 1 aromatic carbocycles. The lowest BCUT2D eigenvalue weighted by Gasteiger charge is -2.00. The van der Waals surface area contributed by atoms with Gasteiger partial charge in [-0.1, -0.05) is 12.1 Å². The minimum absolute atomic E-state index is 0.0860. The predicted molar refractivity (Wildman–Crippen MR) is 71.3 cm³/mol.